The smallest absolute Gasteiger partial charge is 0.223 e. The van der Waals surface area contributed by atoms with E-state index >= 15 is 0 Å². The minimum Gasteiger partial charge on any atom is -0.355 e. The molecule has 1 saturated heterocycles. The molecule has 116 valence electrons. The topological polar surface area (TPSA) is 64.7 Å². The normalized spacial score (nSPS) is 15.9. The summed E-state index contributed by atoms with van der Waals surface area (Å²) in [5, 5.41) is 6.19. The zero-order chi connectivity index (χ0) is 14.8. The van der Waals surface area contributed by atoms with Crippen LogP contribution in [0.2, 0.25) is 0 Å². The summed E-state index contributed by atoms with van der Waals surface area (Å²) in [6, 6.07) is 0. The van der Waals surface area contributed by atoms with Gasteiger partial charge in [-0.25, -0.2) is 0 Å². The molecule has 2 N–H and O–H groups in total. The van der Waals surface area contributed by atoms with Gasteiger partial charge in [0.05, 0.1) is 0 Å². The Bertz CT molecular complexity index is 300. The summed E-state index contributed by atoms with van der Waals surface area (Å²) in [6.07, 6.45) is 0.595. The molecule has 1 heterocycles. The molecule has 1 aliphatic heterocycles. The third kappa shape index (κ3) is 6.34. The summed E-state index contributed by atoms with van der Waals surface area (Å²) in [6.45, 7) is 11.0. The fourth-order valence-corrected chi connectivity index (χ4v) is 2.33. The second kappa shape index (κ2) is 9.72. The van der Waals surface area contributed by atoms with Gasteiger partial charge in [0.15, 0.2) is 0 Å². The zero-order valence-corrected chi connectivity index (χ0v) is 12.8. The molecule has 0 aliphatic carbocycles. The van der Waals surface area contributed by atoms with Crippen LogP contribution in [0.5, 0.6) is 0 Å². The number of rotatable bonds is 8. The zero-order valence-electron chi connectivity index (χ0n) is 12.8. The van der Waals surface area contributed by atoms with E-state index in [1.807, 2.05) is 13.8 Å². The maximum absolute atomic E-state index is 11.8. The number of nitrogens with one attached hydrogen (secondary N) is 2. The van der Waals surface area contributed by atoms with Crippen LogP contribution in [-0.2, 0) is 9.59 Å². The Hall–Kier alpha value is -1.14. The first-order chi connectivity index (χ1) is 9.67. The van der Waals surface area contributed by atoms with E-state index in [0.717, 1.165) is 32.7 Å². The Morgan fingerprint density at radius 2 is 1.80 bits per heavy atom. The molecule has 1 aliphatic rings. The van der Waals surface area contributed by atoms with Gasteiger partial charge >= 0.3 is 0 Å². The van der Waals surface area contributed by atoms with Crippen LogP contribution in [0.1, 0.15) is 26.7 Å². The average Bonchev–Trinajstić information content (AvgIpc) is 2.47. The number of amides is 2. The lowest BCUT2D eigenvalue weighted by atomic mass is 10.2. The molecule has 6 nitrogen and oxygen atoms in total. The lowest BCUT2D eigenvalue weighted by Gasteiger charge is -2.27. The molecule has 0 radical (unpaired) electrons. The fraction of sp³-hybridized carbons (Fsp3) is 0.857. The van der Waals surface area contributed by atoms with Crippen molar-refractivity contribution in [1.82, 2.24) is 20.4 Å². The van der Waals surface area contributed by atoms with Crippen LogP contribution in [0.3, 0.4) is 0 Å². The van der Waals surface area contributed by atoms with Crippen molar-refractivity contribution in [3.05, 3.63) is 0 Å². The molecular weight excluding hydrogens is 256 g/mol. The molecule has 0 unspecified atom stereocenters. The summed E-state index contributed by atoms with van der Waals surface area (Å²) in [7, 11) is 0. The number of hydrogen-bond donors (Lipinski definition) is 2. The first kappa shape index (κ1) is 16.9. The van der Waals surface area contributed by atoms with E-state index in [0.29, 0.717) is 26.1 Å². The number of hydrogen-bond acceptors (Lipinski definition) is 4. The molecule has 1 rings (SSSR count). The van der Waals surface area contributed by atoms with Gasteiger partial charge < -0.3 is 15.5 Å². The van der Waals surface area contributed by atoms with Gasteiger partial charge in [-0.3, -0.25) is 14.5 Å². The molecule has 0 aromatic heterocycles. The van der Waals surface area contributed by atoms with Crippen LogP contribution in [0.15, 0.2) is 0 Å². The predicted molar refractivity (Wildman–Crippen MR) is 79.5 cm³/mol. The van der Waals surface area contributed by atoms with E-state index in [1.165, 1.54) is 0 Å². The number of carbonyl (C=O) groups excluding carboxylic acids is 2. The molecule has 0 spiro atoms. The first-order valence-corrected chi connectivity index (χ1v) is 7.64. The van der Waals surface area contributed by atoms with Crippen molar-refractivity contribution in [3.8, 4) is 0 Å². The molecular formula is C14H28N4O2. The van der Waals surface area contributed by atoms with Gasteiger partial charge in [-0.2, -0.15) is 0 Å². The van der Waals surface area contributed by atoms with Crippen molar-refractivity contribution in [2.24, 2.45) is 0 Å². The van der Waals surface area contributed by atoms with E-state index in [1.54, 1.807) is 4.90 Å². The molecule has 6 heteroatoms. The molecule has 0 aromatic rings. The number of nitrogens with zero attached hydrogens (tertiary/aromatic N) is 2. The summed E-state index contributed by atoms with van der Waals surface area (Å²) in [5.41, 5.74) is 0. The minimum atomic E-state index is -0.0272. The Morgan fingerprint density at radius 3 is 2.40 bits per heavy atom. The molecule has 20 heavy (non-hydrogen) atoms. The standard InChI is InChI=1S/C14H28N4O2/c1-3-18(4-2)14(20)6-5-13(19)16-9-12-17-10-7-15-8-11-17/h15H,3-12H2,1-2H3,(H,16,19). The monoisotopic (exact) mass is 284 g/mol. The second-order valence-corrected chi connectivity index (χ2v) is 5.01. The first-order valence-electron chi connectivity index (χ1n) is 7.64. The maximum atomic E-state index is 11.8. The van der Waals surface area contributed by atoms with E-state index in [2.05, 4.69) is 15.5 Å². The molecule has 0 saturated carbocycles. The molecule has 0 bridgehead atoms. The van der Waals surface area contributed by atoms with Crippen LogP contribution in [0, 0.1) is 0 Å². The van der Waals surface area contributed by atoms with Gasteiger partial charge in [0.25, 0.3) is 0 Å². The van der Waals surface area contributed by atoms with Crippen LogP contribution in [-0.4, -0.2) is 74.0 Å². The Kier molecular flexibility index (Phi) is 8.22. The van der Waals surface area contributed by atoms with Crippen LogP contribution in [0.4, 0.5) is 0 Å². The highest BCUT2D eigenvalue weighted by Crippen LogP contribution is 1.98. The number of carbonyl (C=O) groups is 2. The van der Waals surface area contributed by atoms with Gasteiger partial charge in [-0.05, 0) is 13.8 Å². The maximum Gasteiger partial charge on any atom is 0.223 e. The highest BCUT2D eigenvalue weighted by molar-refractivity contribution is 5.83. The van der Waals surface area contributed by atoms with Crippen LogP contribution in [0.25, 0.3) is 0 Å². The van der Waals surface area contributed by atoms with E-state index in [4.69, 9.17) is 0 Å². The third-order valence-electron chi connectivity index (χ3n) is 3.64. The lowest BCUT2D eigenvalue weighted by Crippen LogP contribution is -2.46. The van der Waals surface area contributed by atoms with Crippen molar-refractivity contribution < 1.29 is 9.59 Å². The van der Waals surface area contributed by atoms with Crippen molar-refractivity contribution in [3.63, 3.8) is 0 Å². The van der Waals surface area contributed by atoms with E-state index in [9.17, 15) is 9.59 Å². The molecule has 2 amide bonds. The summed E-state index contributed by atoms with van der Waals surface area (Å²) >= 11 is 0. The average molecular weight is 284 g/mol. The van der Waals surface area contributed by atoms with Crippen molar-refractivity contribution in [1.29, 1.82) is 0 Å². The fourth-order valence-electron chi connectivity index (χ4n) is 2.33. The molecule has 1 fully saturated rings. The number of piperazine rings is 1. The second-order valence-electron chi connectivity index (χ2n) is 5.01. The van der Waals surface area contributed by atoms with Crippen molar-refractivity contribution >= 4 is 11.8 Å². The summed E-state index contributed by atoms with van der Waals surface area (Å²) in [5.74, 6) is 0.0351. The minimum absolute atomic E-state index is 0.0272. The van der Waals surface area contributed by atoms with Gasteiger partial charge in [0, 0.05) is 65.2 Å². The van der Waals surface area contributed by atoms with Gasteiger partial charge in [0.2, 0.25) is 11.8 Å². The van der Waals surface area contributed by atoms with Gasteiger partial charge in [0.1, 0.15) is 0 Å². The third-order valence-corrected chi connectivity index (χ3v) is 3.64. The lowest BCUT2D eigenvalue weighted by molar-refractivity contribution is -0.133. The van der Waals surface area contributed by atoms with E-state index < -0.39 is 0 Å². The summed E-state index contributed by atoms with van der Waals surface area (Å²) < 4.78 is 0. The van der Waals surface area contributed by atoms with Gasteiger partial charge in [-0.1, -0.05) is 0 Å². The highest BCUT2D eigenvalue weighted by atomic mass is 16.2. The Balaban J connectivity index is 2.09. The van der Waals surface area contributed by atoms with Crippen LogP contribution >= 0.6 is 0 Å². The van der Waals surface area contributed by atoms with E-state index in [-0.39, 0.29) is 18.2 Å². The molecule has 0 aromatic carbocycles. The highest BCUT2D eigenvalue weighted by Gasteiger charge is 2.12. The SMILES string of the molecule is CCN(CC)C(=O)CCC(=O)NCCN1CCNCC1. The van der Waals surface area contributed by atoms with Crippen LogP contribution < -0.4 is 10.6 Å². The van der Waals surface area contributed by atoms with Crippen molar-refractivity contribution in [2.75, 3.05) is 52.4 Å². The quantitative estimate of drug-likeness (QED) is 0.640. The molecule has 0 atom stereocenters. The van der Waals surface area contributed by atoms with Gasteiger partial charge in [-0.15, -0.1) is 0 Å². The van der Waals surface area contributed by atoms with Crippen molar-refractivity contribution in [2.45, 2.75) is 26.7 Å². The largest absolute Gasteiger partial charge is 0.355 e. The summed E-state index contributed by atoms with van der Waals surface area (Å²) in [4.78, 5) is 27.5. The predicted octanol–water partition coefficient (Wildman–Crippen LogP) is -0.344. The Labute approximate surface area is 121 Å². The Morgan fingerprint density at radius 1 is 1.15 bits per heavy atom.